The molecule has 0 atom stereocenters. The summed E-state index contributed by atoms with van der Waals surface area (Å²) >= 11 is 5.96. The van der Waals surface area contributed by atoms with Gasteiger partial charge in [-0.1, -0.05) is 30.7 Å². The summed E-state index contributed by atoms with van der Waals surface area (Å²) in [5, 5.41) is 4.20. The third kappa shape index (κ3) is 2.89. The lowest BCUT2D eigenvalue weighted by Gasteiger charge is -2.34. The first kappa shape index (κ1) is 13.7. The van der Waals surface area contributed by atoms with Gasteiger partial charge in [-0.05, 0) is 49.0 Å². The van der Waals surface area contributed by atoms with Gasteiger partial charge in [0.05, 0.1) is 18.2 Å². The maximum absolute atomic E-state index is 5.96. The molecule has 1 aliphatic rings. The monoisotopic (exact) mass is 289 g/mol. The highest BCUT2D eigenvalue weighted by atomic mass is 35.5. The summed E-state index contributed by atoms with van der Waals surface area (Å²) in [6.45, 7) is 5.62. The Balaban J connectivity index is 1.84. The highest BCUT2D eigenvalue weighted by Crippen LogP contribution is 2.32. The summed E-state index contributed by atoms with van der Waals surface area (Å²) in [6.07, 6.45) is 6.31. The predicted octanol–water partition coefficient (Wildman–Crippen LogP) is 3.59. The molecule has 1 saturated heterocycles. The van der Waals surface area contributed by atoms with E-state index in [-0.39, 0.29) is 0 Å². The van der Waals surface area contributed by atoms with Gasteiger partial charge in [-0.2, -0.15) is 0 Å². The van der Waals surface area contributed by atoms with Crippen molar-refractivity contribution in [2.45, 2.75) is 26.3 Å². The number of rotatable bonds is 3. The molecule has 0 bridgehead atoms. The summed E-state index contributed by atoms with van der Waals surface area (Å²) < 4.78 is 2.27. The smallest absolute Gasteiger partial charge is 0.0951 e. The van der Waals surface area contributed by atoms with Gasteiger partial charge in [-0.3, -0.25) is 0 Å². The minimum Gasteiger partial charge on any atom is -0.330 e. The molecule has 0 radical (unpaired) electrons. The first-order chi connectivity index (χ1) is 9.66. The Labute approximate surface area is 125 Å². The van der Waals surface area contributed by atoms with Crippen molar-refractivity contribution in [1.82, 2.24) is 14.9 Å². The van der Waals surface area contributed by atoms with Crippen molar-refractivity contribution < 1.29 is 0 Å². The number of aromatic nitrogens is 2. The number of hydrogen-bond acceptors (Lipinski definition) is 2. The standard InChI is InChI=1S/C16H20ClN3/c1-16(6-8-18-9-7-16)11-20-12-19-10-15(20)13-2-4-14(17)5-3-13/h2-5,10,12,18H,6-9,11H2,1H3. The van der Waals surface area contributed by atoms with Gasteiger partial charge >= 0.3 is 0 Å². The number of halogens is 1. The van der Waals surface area contributed by atoms with Crippen LogP contribution in [0.3, 0.4) is 0 Å². The van der Waals surface area contributed by atoms with Crippen molar-refractivity contribution in [1.29, 1.82) is 0 Å². The van der Waals surface area contributed by atoms with E-state index >= 15 is 0 Å². The van der Waals surface area contributed by atoms with E-state index in [1.165, 1.54) is 24.1 Å². The van der Waals surface area contributed by atoms with Gasteiger partial charge in [0.1, 0.15) is 0 Å². The van der Waals surface area contributed by atoms with Crippen molar-refractivity contribution in [3.8, 4) is 11.3 Å². The number of imidazole rings is 1. The fourth-order valence-corrected chi connectivity index (χ4v) is 3.03. The molecule has 1 aliphatic heterocycles. The second-order valence-electron chi connectivity index (χ2n) is 5.97. The molecular formula is C16H20ClN3. The largest absolute Gasteiger partial charge is 0.330 e. The zero-order valence-corrected chi connectivity index (χ0v) is 12.5. The molecule has 106 valence electrons. The fraction of sp³-hybridized carbons (Fsp3) is 0.438. The average molecular weight is 290 g/mol. The van der Waals surface area contributed by atoms with E-state index in [9.17, 15) is 0 Å². The van der Waals surface area contributed by atoms with Gasteiger partial charge in [-0.15, -0.1) is 0 Å². The molecule has 0 amide bonds. The Kier molecular flexibility index (Phi) is 3.81. The van der Waals surface area contributed by atoms with Crippen LogP contribution >= 0.6 is 11.6 Å². The van der Waals surface area contributed by atoms with Crippen LogP contribution in [-0.2, 0) is 6.54 Å². The molecule has 20 heavy (non-hydrogen) atoms. The summed E-state index contributed by atoms with van der Waals surface area (Å²) in [4.78, 5) is 4.33. The van der Waals surface area contributed by atoms with E-state index < -0.39 is 0 Å². The van der Waals surface area contributed by atoms with E-state index in [2.05, 4.69) is 33.9 Å². The number of piperidine rings is 1. The van der Waals surface area contributed by atoms with Gasteiger partial charge in [-0.25, -0.2) is 4.98 Å². The van der Waals surface area contributed by atoms with E-state index in [0.717, 1.165) is 24.7 Å². The quantitative estimate of drug-likeness (QED) is 0.936. The zero-order valence-electron chi connectivity index (χ0n) is 11.8. The van der Waals surface area contributed by atoms with Gasteiger partial charge < -0.3 is 9.88 Å². The maximum Gasteiger partial charge on any atom is 0.0951 e. The maximum atomic E-state index is 5.96. The Morgan fingerprint density at radius 1 is 1.25 bits per heavy atom. The topological polar surface area (TPSA) is 29.9 Å². The zero-order chi connectivity index (χ0) is 14.0. The molecule has 1 aromatic carbocycles. The third-order valence-electron chi connectivity index (χ3n) is 4.22. The highest BCUT2D eigenvalue weighted by Gasteiger charge is 2.27. The first-order valence-corrected chi connectivity index (χ1v) is 7.51. The lowest BCUT2D eigenvalue weighted by Crippen LogP contribution is -2.37. The van der Waals surface area contributed by atoms with E-state index in [0.29, 0.717) is 5.41 Å². The summed E-state index contributed by atoms with van der Waals surface area (Å²) in [5.74, 6) is 0. The SMILES string of the molecule is CC1(Cn2cncc2-c2ccc(Cl)cc2)CCNCC1. The number of benzene rings is 1. The minimum atomic E-state index is 0.354. The van der Waals surface area contributed by atoms with Gasteiger partial charge in [0.15, 0.2) is 0 Å². The minimum absolute atomic E-state index is 0.354. The van der Waals surface area contributed by atoms with Crippen LogP contribution in [0.25, 0.3) is 11.3 Å². The molecule has 1 N–H and O–H groups in total. The summed E-state index contributed by atoms with van der Waals surface area (Å²) in [5.41, 5.74) is 2.69. The fourth-order valence-electron chi connectivity index (χ4n) is 2.91. The molecule has 4 heteroatoms. The van der Waals surface area contributed by atoms with Crippen LogP contribution in [0.2, 0.25) is 5.02 Å². The lowest BCUT2D eigenvalue weighted by atomic mass is 9.81. The predicted molar refractivity (Wildman–Crippen MR) is 82.9 cm³/mol. The first-order valence-electron chi connectivity index (χ1n) is 7.13. The van der Waals surface area contributed by atoms with Crippen molar-refractivity contribution in [3.63, 3.8) is 0 Å². The van der Waals surface area contributed by atoms with Crippen LogP contribution < -0.4 is 5.32 Å². The van der Waals surface area contributed by atoms with Crippen LogP contribution in [-0.4, -0.2) is 22.6 Å². The van der Waals surface area contributed by atoms with Crippen LogP contribution in [0.1, 0.15) is 19.8 Å². The van der Waals surface area contributed by atoms with Crippen molar-refractivity contribution in [2.75, 3.05) is 13.1 Å². The molecule has 0 aliphatic carbocycles. The molecule has 0 spiro atoms. The molecule has 3 nitrogen and oxygen atoms in total. The third-order valence-corrected chi connectivity index (χ3v) is 4.47. The van der Waals surface area contributed by atoms with E-state index in [4.69, 9.17) is 11.6 Å². The molecule has 2 heterocycles. The summed E-state index contributed by atoms with van der Waals surface area (Å²) in [6, 6.07) is 7.97. The van der Waals surface area contributed by atoms with Crippen LogP contribution in [0, 0.1) is 5.41 Å². The molecule has 1 fully saturated rings. The average Bonchev–Trinajstić information content (AvgIpc) is 2.88. The van der Waals surface area contributed by atoms with E-state index in [1.54, 1.807) is 0 Å². The van der Waals surface area contributed by atoms with Gasteiger partial charge in [0.2, 0.25) is 0 Å². The number of nitrogens with one attached hydrogen (secondary N) is 1. The molecular weight excluding hydrogens is 270 g/mol. The number of hydrogen-bond donors (Lipinski definition) is 1. The Hall–Kier alpha value is -1.32. The van der Waals surface area contributed by atoms with Crippen LogP contribution in [0.4, 0.5) is 0 Å². The molecule has 1 aromatic heterocycles. The second kappa shape index (κ2) is 5.58. The molecule has 0 unspecified atom stereocenters. The van der Waals surface area contributed by atoms with Crippen molar-refractivity contribution in [3.05, 3.63) is 41.8 Å². The lowest BCUT2D eigenvalue weighted by molar-refractivity contribution is 0.195. The van der Waals surface area contributed by atoms with E-state index in [1.807, 2.05) is 24.7 Å². The second-order valence-corrected chi connectivity index (χ2v) is 6.41. The number of nitrogens with zero attached hydrogens (tertiary/aromatic N) is 2. The summed E-state index contributed by atoms with van der Waals surface area (Å²) in [7, 11) is 0. The normalized spacial score (nSPS) is 18.1. The Bertz CT molecular complexity index is 568. The van der Waals surface area contributed by atoms with Gasteiger partial charge in [0, 0.05) is 11.6 Å². The van der Waals surface area contributed by atoms with Crippen LogP contribution in [0.5, 0.6) is 0 Å². The molecule has 3 rings (SSSR count). The van der Waals surface area contributed by atoms with Crippen LogP contribution in [0.15, 0.2) is 36.8 Å². The highest BCUT2D eigenvalue weighted by molar-refractivity contribution is 6.30. The molecule has 0 saturated carbocycles. The van der Waals surface area contributed by atoms with Crippen molar-refractivity contribution in [2.24, 2.45) is 5.41 Å². The Morgan fingerprint density at radius 3 is 2.65 bits per heavy atom. The van der Waals surface area contributed by atoms with Crippen molar-refractivity contribution >= 4 is 11.6 Å². The Morgan fingerprint density at radius 2 is 1.95 bits per heavy atom. The van der Waals surface area contributed by atoms with Gasteiger partial charge in [0.25, 0.3) is 0 Å². The molecule has 2 aromatic rings.